The summed E-state index contributed by atoms with van der Waals surface area (Å²) >= 11 is 0. The van der Waals surface area contributed by atoms with Crippen LogP contribution in [0.15, 0.2) is 18.3 Å². The lowest BCUT2D eigenvalue weighted by Gasteiger charge is -2.14. The lowest BCUT2D eigenvalue weighted by Crippen LogP contribution is -2.04. The third kappa shape index (κ3) is 1.76. The van der Waals surface area contributed by atoms with Crippen LogP contribution in [0.25, 0.3) is 5.69 Å². The molecule has 92 valence electrons. The Hall–Kier alpha value is -2.21. The van der Waals surface area contributed by atoms with Crippen LogP contribution in [0.1, 0.15) is 27.8 Å². The van der Waals surface area contributed by atoms with Gasteiger partial charge in [-0.3, -0.25) is 0 Å². The molecule has 2 rings (SSSR count). The highest BCUT2D eigenvalue weighted by molar-refractivity contribution is 5.62. The van der Waals surface area contributed by atoms with Crippen LogP contribution in [0.4, 0.5) is 5.82 Å². The molecule has 0 saturated heterocycles. The lowest BCUT2D eigenvalue weighted by atomic mass is 10.1. The van der Waals surface area contributed by atoms with Gasteiger partial charge in [-0.1, -0.05) is 17.7 Å². The number of aromatic nitrogens is 1. The molecule has 0 radical (unpaired) electrons. The maximum absolute atomic E-state index is 9.10. The van der Waals surface area contributed by atoms with Crippen LogP contribution in [-0.4, -0.2) is 4.57 Å². The number of aryl methyl sites for hydroxylation is 4. The van der Waals surface area contributed by atoms with Crippen LogP contribution in [0.5, 0.6) is 0 Å². The summed E-state index contributed by atoms with van der Waals surface area (Å²) in [7, 11) is 0. The molecule has 1 heterocycles. The molecule has 0 aliphatic rings. The van der Waals surface area contributed by atoms with Gasteiger partial charge in [-0.25, -0.2) is 0 Å². The van der Waals surface area contributed by atoms with Gasteiger partial charge >= 0.3 is 0 Å². The monoisotopic (exact) mass is 239 g/mol. The van der Waals surface area contributed by atoms with Crippen LogP contribution < -0.4 is 5.73 Å². The Balaban J connectivity index is 2.75. The summed E-state index contributed by atoms with van der Waals surface area (Å²) in [5.41, 5.74) is 12.2. The molecule has 0 aliphatic heterocycles. The minimum absolute atomic E-state index is 0.519. The number of anilines is 1. The number of rotatable bonds is 1. The third-order valence-electron chi connectivity index (χ3n) is 3.22. The van der Waals surface area contributed by atoms with E-state index in [9.17, 15) is 0 Å². The largest absolute Gasteiger partial charge is 0.384 e. The van der Waals surface area contributed by atoms with E-state index < -0.39 is 0 Å². The van der Waals surface area contributed by atoms with E-state index in [-0.39, 0.29) is 0 Å². The van der Waals surface area contributed by atoms with Crippen LogP contribution in [0.2, 0.25) is 0 Å². The Kier molecular flexibility index (Phi) is 2.88. The summed E-state index contributed by atoms with van der Waals surface area (Å²) in [6.45, 7) is 8.12. The van der Waals surface area contributed by atoms with Gasteiger partial charge in [-0.2, -0.15) is 5.26 Å². The van der Waals surface area contributed by atoms with Gasteiger partial charge in [0.25, 0.3) is 0 Å². The molecule has 3 heteroatoms. The SMILES string of the molecule is Cc1cc(C)c(-n2cc(C)c(C#N)c2N)c(C)c1. The Labute approximate surface area is 107 Å². The summed E-state index contributed by atoms with van der Waals surface area (Å²) in [5, 5.41) is 9.10. The second-order valence-electron chi connectivity index (χ2n) is 4.80. The van der Waals surface area contributed by atoms with Crippen molar-refractivity contribution >= 4 is 5.82 Å². The number of hydrogen-bond acceptors (Lipinski definition) is 2. The first kappa shape index (κ1) is 12.3. The normalized spacial score (nSPS) is 10.4. The zero-order valence-corrected chi connectivity index (χ0v) is 11.2. The summed E-state index contributed by atoms with van der Waals surface area (Å²) in [6, 6.07) is 6.41. The van der Waals surface area contributed by atoms with E-state index in [4.69, 9.17) is 11.0 Å². The topological polar surface area (TPSA) is 54.7 Å². The molecule has 0 spiro atoms. The number of nitrogen functional groups attached to an aromatic ring is 1. The summed E-state index contributed by atoms with van der Waals surface area (Å²) in [5.74, 6) is 0.519. The maximum Gasteiger partial charge on any atom is 0.126 e. The van der Waals surface area contributed by atoms with Crippen molar-refractivity contribution in [1.82, 2.24) is 4.57 Å². The minimum atomic E-state index is 0.519. The summed E-state index contributed by atoms with van der Waals surface area (Å²) in [4.78, 5) is 0. The Morgan fingerprint density at radius 2 is 1.61 bits per heavy atom. The van der Waals surface area contributed by atoms with E-state index >= 15 is 0 Å². The van der Waals surface area contributed by atoms with Gasteiger partial charge < -0.3 is 10.3 Å². The van der Waals surface area contributed by atoms with Gasteiger partial charge in [0, 0.05) is 6.20 Å². The highest BCUT2D eigenvalue weighted by Crippen LogP contribution is 2.28. The van der Waals surface area contributed by atoms with Crippen molar-refractivity contribution < 1.29 is 0 Å². The van der Waals surface area contributed by atoms with Crippen molar-refractivity contribution in [2.45, 2.75) is 27.7 Å². The summed E-state index contributed by atoms with van der Waals surface area (Å²) in [6.07, 6.45) is 1.93. The van der Waals surface area contributed by atoms with Gasteiger partial charge in [-0.15, -0.1) is 0 Å². The van der Waals surface area contributed by atoms with E-state index in [2.05, 4.69) is 39.0 Å². The minimum Gasteiger partial charge on any atom is -0.384 e. The Morgan fingerprint density at radius 1 is 1.06 bits per heavy atom. The zero-order valence-electron chi connectivity index (χ0n) is 11.2. The fourth-order valence-corrected chi connectivity index (χ4v) is 2.53. The number of benzene rings is 1. The number of hydrogen-bond donors (Lipinski definition) is 1. The first-order chi connectivity index (χ1) is 8.45. The van der Waals surface area contributed by atoms with E-state index in [1.165, 1.54) is 16.7 Å². The van der Waals surface area contributed by atoms with Gasteiger partial charge in [0.1, 0.15) is 11.9 Å². The predicted octanol–water partition coefficient (Wildman–Crippen LogP) is 3.16. The van der Waals surface area contributed by atoms with Crippen molar-refractivity contribution in [3.63, 3.8) is 0 Å². The van der Waals surface area contributed by atoms with E-state index in [1.54, 1.807) is 0 Å². The highest BCUT2D eigenvalue weighted by atomic mass is 15.0. The van der Waals surface area contributed by atoms with E-state index in [0.717, 1.165) is 11.3 Å². The van der Waals surface area contributed by atoms with Gasteiger partial charge in [0.15, 0.2) is 0 Å². The molecule has 18 heavy (non-hydrogen) atoms. The summed E-state index contributed by atoms with van der Waals surface area (Å²) < 4.78 is 1.91. The van der Waals surface area contributed by atoms with E-state index in [0.29, 0.717) is 11.4 Å². The average molecular weight is 239 g/mol. The molecule has 0 aliphatic carbocycles. The van der Waals surface area contributed by atoms with Crippen molar-refractivity contribution in [3.8, 4) is 11.8 Å². The molecule has 2 N–H and O–H groups in total. The first-order valence-corrected chi connectivity index (χ1v) is 5.91. The Bertz CT molecular complexity index is 634. The predicted molar refractivity (Wildman–Crippen MR) is 73.8 cm³/mol. The average Bonchev–Trinajstić information content (AvgIpc) is 2.53. The van der Waals surface area contributed by atoms with Crippen molar-refractivity contribution in [3.05, 3.63) is 46.1 Å². The molecular weight excluding hydrogens is 222 g/mol. The van der Waals surface area contributed by atoms with Gasteiger partial charge in [0.2, 0.25) is 0 Å². The number of nitrogens with zero attached hydrogens (tertiary/aromatic N) is 2. The van der Waals surface area contributed by atoms with E-state index in [1.807, 2.05) is 17.7 Å². The smallest absolute Gasteiger partial charge is 0.126 e. The molecule has 1 aromatic carbocycles. The molecule has 3 nitrogen and oxygen atoms in total. The van der Waals surface area contributed by atoms with Crippen LogP contribution in [0.3, 0.4) is 0 Å². The second kappa shape index (κ2) is 4.23. The van der Waals surface area contributed by atoms with Crippen LogP contribution >= 0.6 is 0 Å². The molecule has 0 unspecified atom stereocenters. The molecule has 0 fully saturated rings. The fourth-order valence-electron chi connectivity index (χ4n) is 2.53. The Morgan fingerprint density at radius 3 is 2.06 bits per heavy atom. The molecule has 0 amide bonds. The molecule has 0 atom stereocenters. The molecular formula is C15H17N3. The number of nitriles is 1. The van der Waals surface area contributed by atoms with Crippen LogP contribution in [-0.2, 0) is 0 Å². The van der Waals surface area contributed by atoms with Gasteiger partial charge in [0.05, 0.1) is 11.3 Å². The third-order valence-corrected chi connectivity index (χ3v) is 3.22. The van der Waals surface area contributed by atoms with Gasteiger partial charge in [-0.05, 0) is 44.4 Å². The van der Waals surface area contributed by atoms with Crippen molar-refractivity contribution in [1.29, 1.82) is 5.26 Å². The lowest BCUT2D eigenvalue weighted by molar-refractivity contribution is 1.04. The molecule has 0 saturated carbocycles. The quantitative estimate of drug-likeness (QED) is 0.831. The number of nitrogens with two attached hydrogens (primary N) is 1. The van der Waals surface area contributed by atoms with Crippen LogP contribution in [0, 0.1) is 39.0 Å². The molecule has 1 aromatic heterocycles. The fraction of sp³-hybridized carbons (Fsp3) is 0.267. The zero-order chi connectivity index (χ0) is 13.4. The van der Waals surface area contributed by atoms with Crippen molar-refractivity contribution in [2.24, 2.45) is 0 Å². The highest BCUT2D eigenvalue weighted by Gasteiger charge is 2.14. The van der Waals surface area contributed by atoms with Crippen molar-refractivity contribution in [2.75, 3.05) is 5.73 Å². The maximum atomic E-state index is 9.10. The molecule has 0 bridgehead atoms. The second-order valence-corrected chi connectivity index (χ2v) is 4.80. The standard InChI is InChI=1S/C15H17N3/c1-9-5-10(2)14(11(3)6-9)18-8-12(4)13(7-16)15(18)17/h5-6,8H,17H2,1-4H3. The first-order valence-electron chi connectivity index (χ1n) is 5.91. The molecule has 2 aromatic rings.